The van der Waals surface area contributed by atoms with Gasteiger partial charge in [0.25, 0.3) is 0 Å². The number of carbonyl (C=O) groups is 1. The van der Waals surface area contributed by atoms with Gasteiger partial charge in [0, 0.05) is 12.1 Å². The Morgan fingerprint density at radius 3 is 2.62 bits per heavy atom. The van der Waals surface area contributed by atoms with Gasteiger partial charge in [-0.05, 0) is 44.3 Å². The smallest absolute Gasteiger partial charge is 0.224 e. The lowest BCUT2D eigenvalue weighted by Gasteiger charge is -2.04. The molecular weight excluding hydrogens is 202 g/mol. The average molecular weight is 217 g/mol. The second-order valence-corrected chi connectivity index (χ2v) is 3.44. The molecule has 0 bridgehead atoms. The van der Waals surface area contributed by atoms with Crippen LogP contribution in [0.15, 0.2) is 24.3 Å². The van der Waals surface area contributed by atoms with E-state index in [0.717, 1.165) is 18.7 Å². The van der Waals surface area contributed by atoms with Gasteiger partial charge in [-0.3, -0.25) is 4.79 Å². The van der Waals surface area contributed by atoms with E-state index >= 15 is 0 Å². The first-order chi connectivity index (χ1) is 7.76. The maximum absolute atomic E-state index is 11.4. The third-order valence-electron chi connectivity index (χ3n) is 2.13. The summed E-state index contributed by atoms with van der Waals surface area (Å²) in [6.07, 6.45) is 1.32. The van der Waals surface area contributed by atoms with Crippen molar-refractivity contribution >= 4 is 11.6 Å². The molecular formula is C12H15N3O. The number of hydrogen-bond acceptors (Lipinski definition) is 3. The quantitative estimate of drug-likeness (QED) is 0.734. The van der Waals surface area contributed by atoms with Crippen LogP contribution >= 0.6 is 0 Å². The molecule has 0 aliphatic rings. The summed E-state index contributed by atoms with van der Waals surface area (Å²) in [5, 5.41) is 14.4. The van der Waals surface area contributed by atoms with Gasteiger partial charge in [0.15, 0.2) is 0 Å². The van der Waals surface area contributed by atoms with Crippen LogP contribution in [0.25, 0.3) is 0 Å². The van der Waals surface area contributed by atoms with Crippen molar-refractivity contribution in [2.24, 2.45) is 0 Å². The Balaban J connectivity index is 2.41. The highest BCUT2D eigenvalue weighted by Crippen LogP contribution is 2.09. The molecule has 0 saturated carbocycles. The van der Waals surface area contributed by atoms with E-state index in [9.17, 15) is 4.79 Å². The highest BCUT2D eigenvalue weighted by Gasteiger charge is 2.01. The van der Waals surface area contributed by atoms with Crippen LogP contribution in [0, 0.1) is 11.3 Å². The molecule has 0 aliphatic heterocycles. The fraction of sp³-hybridized carbons (Fsp3) is 0.333. The Morgan fingerprint density at radius 1 is 1.38 bits per heavy atom. The molecule has 1 rings (SSSR count). The summed E-state index contributed by atoms with van der Waals surface area (Å²) in [7, 11) is 1.86. The SMILES string of the molecule is CNCCCC(=O)Nc1ccc(C#N)cc1. The molecule has 16 heavy (non-hydrogen) atoms. The highest BCUT2D eigenvalue weighted by atomic mass is 16.1. The van der Waals surface area contributed by atoms with Crippen LogP contribution in [-0.2, 0) is 4.79 Å². The van der Waals surface area contributed by atoms with Gasteiger partial charge in [-0.2, -0.15) is 5.26 Å². The number of hydrogen-bond donors (Lipinski definition) is 2. The standard InChI is InChI=1S/C12H15N3O/c1-14-8-2-3-12(16)15-11-6-4-10(9-13)5-7-11/h4-7,14H,2-3,8H2,1H3,(H,15,16). The van der Waals surface area contributed by atoms with Gasteiger partial charge >= 0.3 is 0 Å². The molecule has 0 atom stereocenters. The van der Waals surface area contributed by atoms with E-state index < -0.39 is 0 Å². The summed E-state index contributed by atoms with van der Waals surface area (Å²) in [5.74, 6) is -0.0000392. The second-order valence-electron chi connectivity index (χ2n) is 3.44. The molecule has 0 fully saturated rings. The Labute approximate surface area is 95.3 Å². The minimum atomic E-state index is -0.0000392. The molecule has 1 aromatic carbocycles. The Hall–Kier alpha value is -1.86. The zero-order valence-corrected chi connectivity index (χ0v) is 9.29. The maximum Gasteiger partial charge on any atom is 0.224 e. The average Bonchev–Trinajstić information content (AvgIpc) is 2.30. The molecule has 0 aromatic heterocycles. The second kappa shape index (κ2) is 6.59. The molecule has 0 unspecified atom stereocenters. The van der Waals surface area contributed by atoms with Gasteiger partial charge in [-0.1, -0.05) is 0 Å². The number of nitrogens with zero attached hydrogens (tertiary/aromatic N) is 1. The Kier molecular flexibility index (Phi) is 5.03. The number of carbonyl (C=O) groups excluding carboxylic acids is 1. The van der Waals surface area contributed by atoms with Gasteiger partial charge < -0.3 is 10.6 Å². The molecule has 0 aliphatic carbocycles. The Morgan fingerprint density at radius 2 is 2.06 bits per heavy atom. The number of anilines is 1. The van der Waals surface area contributed by atoms with E-state index in [1.807, 2.05) is 13.1 Å². The predicted octanol–water partition coefficient (Wildman–Crippen LogP) is 1.50. The van der Waals surface area contributed by atoms with Crippen LogP contribution < -0.4 is 10.6 Å². The largest absolute Gasteiger partial charge is 0.326 e. The number of rotatable bonds is 5. The molecule has 1 aromatic rings. The molecule has 84 valence electrons. The van der Waals surface area contributed by atoms with Gasteiger partial charge in [0.1, 0.15) is 0 Å². The zero-order chi connectivity index (χ0) is 11.8. The van der Waals surface area contributed by atoms with E-state index in [1.165, 1.54) is 0 Å². The van der Waals surface area contributed by atoms with Crippen molar-refractivity contribution in [3.05, 3.63) is 29.8 Å². The number of benzene rings is 1. The van der Waals surface area contributed by atoms with Crippen molar-refractivity contribution < 1.29 is 4.79 Å². The third kappa shape index (κ3) is 4.11. The van der Waals surface area contributed by atoms with Crippen LogP contribution in [0.5, 0.6) is 0 Å². The van der Waals surface area contributed by atoms with Crippen molar-refractivity contribution in [2.45, 2.75) is 12.8 Å². The van der Waals surface area contributed by atoms with Crippen molar-refractivity contribution in [2.75, 3.05) is 18.9 Å². The molecule has 4 nitrogen and oxygen atoms in total. The van der Waals surface area contributed by atoms with Gasteiger partial charge in [0.05, 0.1) is 11.6 Å². The monoisotopic (exact) mass is 217 g/mol. The Bertz CT molecular complexity index is 378. The van der Waals surface area contributed by atoms with Crippen molar-refractivity contribution in [1.82, 2.24) is 5.32 Å². The van der Waals surface area contributed by atoms with Crippen molar-refractivity contribution in [3.63, 3.8) is 0 Å². The maximum atomic E-state index is 11.4. The minimum absolute atomic E-state index is 0.0000392. The van der Waals surface area contributed by atoms with Crippen LogP contribution in [0.3, 0.4) is 0 Å². The van der Waals surface area contributed by atoms with Gasteiger partial charge in [-0.25, -0.2) is 0 Å². The fourth-order valence-electron chi connectivity index (χ4n) is 1.28. The fourth-order valence-corrected chi connectivity index (χ4v) is 1.28. The lowest BCUT2D eigenvalue weighted by Crippen LogP contribution is -2.15. The summed E-state index contributed by atoms with van der Waals surface area (Å²) in [6, 6.07) is 8.86. The van der Waals surface area contributed by atoms with Gasteiger partial charge in [0.2, 0.25) is 5.91 Å². The summed E-state index contributed by atoms with van der Waals surface area (Å²) in [6.45, 7) is 0.834. The van der Waals surface area contributed by atoms with Crippen LogP contribution in [-0.4, -0.2) is 19.5 Å². The lowest BCUT2D eigenvalue weighted by atomic mass is 10.2. The van der Waals surface area contributed by atoms with E-state index in [-0.39, 0.29) is 5.91 Å². The van der Waals surface area contributed by atoms with Crippen LogP contribution in [0.2, 0.25) is 0 Å². The van der Waals surface area contributed by atoms with Crippen LogP contribution in [0.4, 0.5) is 5.69 Å². The third-order valence-corrected chi connectivity index (χ3v) is 2.13. The predicted molar refractivity (Wildman–Crippen MR) is 62.9 cm³/mol. The van der Waals surface area contributed by atoms with Crippen molar-refractivity contribution in [1.29, 1.82) is 5.26 Å². The first kappa shape index (κ1) is 12.2. The van der Waals surface area contributed by atoms with E-state index in [2.05, 4.69) is 10.6 Å². The summed E-state index contributed by atoms with van der Waals surface area (Å²) < 4.78 is 0. The van der Waals surface area contributed by atoms with E-state index in [4.69, 9.17) is 5.26 Å². The van der Waals surface area contributed by atoms with E-state index in [1.54, 1.807) is 24.3 Å². The number of nitriles is 1. The number of nitrogens with one attached hydrogen (secondary N) is 2. The molecule has 1 amide bonds. The van der Waals surface area contributed by atoms with Gasteiger partial charge in [-0.15, -0.1) is 0 Å². The van der Waals surface area contributed by atoms with Crippen LogP contribution in [0.1, 0.15) is 18.4 Å². The zero-order valence-electron chi connectivity index (χ0n) is 9.29. The first-order valence-corrected chi connectivity index (χ1v) is 5.21. The highest BCUT2D eigenvalue weighted by molar-refractivity contribution is 5.90. The molecule has 0 heterocycles. The summed E-state index contributed by atoms with van der Waals surface area (Å²) >= 11 is 0. The molecule has 0 radical (unpaired) electrons. The molecule has 4 heteroatoms. The first-order valence-electron chi connectivity index (χ1n) is 5.21. The lowest BCUT2D eigenvalue weighted by molar-refractivity contribution is -0.116. The molecule has 0 saturated heterocycles. The normalized spacial score (nSPS) is 9.50. The van der Waals surface area contributed by atoms with E-state index in [0.29, 0.717) is 12.0 Å². The molecule has 0 spiro atoms. The number of amides is 1. The summed E-state index contributed by atoms with van der Waals surface area (Å²) in [5.41, 5.74) is 1.32. The molecule has 2 N–H and O–H groups in total. The summed E-state index contributed by atoms with van der Waals surface area (Å²) in [4.78, 5) is 11.4. The van der Waals surface area contributed by atoms with Crippen molar-refractivity contribution in [3.8, 4) is 6.07 Å². The minimum Gasteiger partial charge on any atom is -0.326 e. The topological polar surface area (TPSA) is 64.9 Å².